The van der Waals surface area contributed by atoms with E-state index in [4.69, 9.17) is 0 Å². The van der Waals surface area contributed by atoms with Crippen molar-refractivity contribution >= 4 is 16.7 Å². The lowest BCUT2D eigenvalue weighted by molar-refractivity contribution is -0.189. The van der Waals surface area contributed by atoms with Gasteiger partial charge in [0.2, 0.25) is 0 Å². The van der Waals surface area contributed by atoms with E-state index < -0.39 is 35.4 Å². The molecule has 7 nitrogen and oxygen atoms in total. The van der Waals surface area contributed by atoms with E-state index in [0.717, 1.165) is 17.0 Å². The van der Waals surface area contributed by atoms with Crippen molar-refractivity contribution in [3.05, 3.63) is 63.8 Å². The molecule has 1 saturated heterocycles. The summed E-state index contributed by atoms with van der Waals surface area (Å²) in [6, 6.07) is 6.39. The van der Waals surface area contributed by atoms with Crippen LogP contribution in [-0.2, 0) is 7.05 Å². The molecule has 0 saturated carbocycles. The average molecular weight is 475 g/mol. The topological polar surface area (TPSA) is 85.4 Å². The molecule has 1 aliphatic rings. The molecule has 1 N–H and O–H groups in total. The van der Waals surface area contributed by atoms with E-state index in [9.17, 15) is 32.7 Å². The van der Waals surface area contributed by atoms with Crippen molar-refractivity contribution in [3.63, 3.8) is 0 Å². The van der Waals surface area contributed by atoms with Crippen molar-refractivity contribution in [1.82, 2.24) is 14.5 Å². The highest BCUT2D eigenvalue weighted by atomic mass is 19.4. The Labute approximate surface area is 192 Å². The van der Waals surface area contributed by atoms with Gasteiger partial charge in [0.25, 0.3) is 5.56 Å². The minimum atomic E-state index is -4.75. The summed E-state index contributed by atoms with van der Waals surface area (Å²) >= 11 is 0. The van der Waals surface area contributed by atoms with Gasteiger partial charge in [-0.15, -0.1) is 0 Å². The summed E-state index contributed by atoms with van der Waals surface area (Å²) in [5.41, 5.74) is 0.600. The van der Waals surface area contributed by atoms with Crippen LogP contribution in [0.2, 0.25) is 0 Å². The van der Waals surface area contributed by atoms with E-state index >= 15 is 0 Å². The summed E-state index contributed by atoms with van der Waals surface area (Å²) in [5.74, 6) is -1.59. The zero-order chi connectivity index (χ0) is 24.8. The Balaban J connectivity index is 1.71. The van der Waals surface area contributed by atoms with E-state index in [1.807, 2.05) is 6.07 Å². The van der Waals surface area contributed by atoms with Crippen LogP contribution in [0, 0.1) is 17.1 Å². The fourth-order valence-corrected chi connectivity index (χ4v) is 4.49. The van der Waals surface area contributed by atoms with Crippen LogP contribution in [0.3, 0.4) is 0 Å². The van der Waals surface area contributed by atoms with Crippen molar-refractivity contribution in [3.8, 4) is 11.8 Å². The molecule has 1 aromatic carbocycles. The number of aromatic nitrogens is 2. The Morgan fingerprint density at radius 1 is 1.21 bits per heavy atom. The zero-order valence-corrected chi connectivity index (χ0v) is 18.3. The van der Waals surface area contributed by atoms with Crippen molar-refractivity contribution in [2.24, 2.45) is 7.05 Å². The fraction of sp³-hybridized carbons (Fsp3) is 0.348. The lowest BCUT2D eigenvalue weighted by Crippen LogP contribution is -2.55. The number of aromatic hydroxyl groups is 1. The van der Waals surface area contributed by atoms with Gasteiger partial charge in [0, 0.05) is 50.4 Å². The molecule has 1 fully saturated rings. The molecule has 0 spiro atoms. The van der Waals surface area contributed by atoms with Crippen LogP contribution in [0.15, 0.2) is 41.2 Å². The molecule has 0 radical (unpaired) electrons. The van der Waals surface area contributed by atoms with E-state index in [0.29, 0.717) is 22.8 Å². The van der Waals surface area contributed by atoms with Crippen LogP contribution < -0.4 is 10.5 Å². The number of piperazine rings is 1. The number of rotatable bonds is 3. The Kier molecular flexibility index (Phi) is 5.95. The third-order valence-electron chi connectivity index (χ3n) is 6.11. The number of nitriles is 1. The maximum atomic E-state index is 14.4. The van der Waals surface area contributed by atoms with Gasteiger partial charge in [0.1, 0.15) is 34.9 Å². The average Bonchev–Trinajstić information content (AvgIpc) is 2.77. The zero-order valence-electron chi connectivity index (χ0n) is 18.3. The highest BCUT2D eigenvalue weighted by Gasteiger charge is 2.47. The molecule has 4 rings (SSSR count). The van der Waals surface area contributed by atoms with E-state index in [-0.39, 0.29) is 30.9 Å². The van der Waals surface area contributed by atoms with Crippen molar-refractivity contribution < 1.29 is 22.7 Å². The number of fused-ring (bicyclic) bond motifs is 1. The molecule has 3 heterocycles. The van der Waals surface area contributed by atoms with Gasteiger partial charge in [-0.25, -0.2) is 9.37 Å². The van der Waals surface area contributed by atoms with Gasteiger partial charge in [0.15, 0.2) is 0 Å². The number of nitrogens with zero attached hydrogens (tertiary/aromatic N) is 5. The Hall–Kier alpha value is -3.65. The number of hydrogen-bond acceptors (Lipinski definition) is 6. The first kappa shape index (κ1) is 23.5. The van der Waals surface area contributed by atoms with E-state index in [1.54, 1.807) is 24.9 Å². The Bertz CT molecular complexity index is 1350. The molecule has 3 aromatic rings. The van der Waals surface area contributed by atoms with Crippen LogP contribution in [0.5, 0.6) is 5.75 Å². The Morgan fingerprint density at radius 2 is 1.94 bits per heavy atom. The van der Waals surface area contributed by atoms with Crippen LogP contribution >= 0.6 is 0 Å². The second kappa shape index (κ2) is 8.61. The highest BCUT2D eigenvalue weighted by molar-refractivity contribution is 5.88. The predicted octanol–water partition coefficient (Wildman–Crippen LogP) is 3.46. The van der Waals surface area contributed by atoms with Gasteiger partial charge in [-0.2, -0.15) is 18.4 Å². The van der Waals surface area contributed by atoms with Crippen molar-refractivity contribution in [2.75, 3.05) is 24.5 Å². The van der Waals surface area contributed by atoms with Gasteiger partial charge in [-0.1, -0.05) is 6.07 Å². The number of halogens is 4. The first-order chi connectivity index (χ1) is 16.0. The highest BCUT2D eigenvalue weighted by Crippen LogP contribution is 2.41. The number of alkyl halides is 3. The number of benzene rings is 1. The van der Waals surface area contributed by atoms with Crippen LogP contribution in [0.4, 0.5) is 23.2 Å². The SMILES string of the molecule is C[C@H]1CN(C(c2ccc(O)cc2F)C(F)(F)F)CCN1c1cc(=O)n(C)c2ccc(C#N)nc12. The predicted molar refractivity (Wildman–Crippen MR) is 117 cm³/mol. The van der Waals surface area contributed by atoms with Crippen LogP contribution in [0.25, 0.3) is 11.0 Å². The number of pyridine rings is 2. The molecule has 1 aliphatic heterocycles. The molecule has 2 aromatic heterocycles. The monoisotopic (exact) mass is 475 g/mol. The van der Waals surface area contributed by atoms with Crippen LogP contribution in [-0.4, -0.2) is 51.4 Å². The van der Waals surface area contributed by atoms with Gasteiger partial charge in [0.05, 0.1) is 11.2 Å². The molecule has 2 atom stereocenters. The normalized spacial score (nSPS) is 18.1. The third kappa shape index (κ3) is 4.17. The molecule has 0 aliphatic carbocycles. The molecule has 1 unspecified atom stereocenters. The summed E-state index contributed by atoms with van der Waals surface area (Å²) in [6.45, 7) is 1.70. The second-order valence-electron chi connectivity index (χ2n) is 8.29. The van der Waals surface area contributed by atoms with Gasteiger partial charge in [-0.05, 0) is 25.1 Å². The number of hydrogen-bond donors (Lipinski definition) is 1. The lowest BCUT2D eigenvalue weighted by Gasteiger charge is -2.44. The maximum absolute atomic E-state index is 14.4. The van der Waals surface area contributed by atoms with Crippen molar-refractivity contribution in [2.45, 2.75) is 25.2 Å². The minimum absolute atomic E-state index is 0.0660. The minimum Gasteiger partial charge on any atom is -0.508 e. The number of anilines is 1. The first-order valence-corrected chi connectivity index (χ1v) is 10.5. The lowest BCUT2D eigenvalue weighted by atomic mass is 10.0. The third-order valence-corrected chi connectivity index (χ3v) is 6.11. The quantitative estimate of drug-likeness (QED) is 0.584. The summed E-state index contributed by atoms with van der Waals surface area (Å²) in [7, 11) is 1.57. The fourth-order valence-electron chi connectivity index (χ4n) is 4.49. The standard InChI is InChI=1S/C23H21F4N5O2/c1-13-12-31(22(23(25,26)27)16-5-4-15(33)9-17(16)24)7-8-32(13)19-10-20(34)30(2)18-6-3-14(11-28)29-21(18)19/h3-6,9-10,13,22,33H,7-8,12H2,1-2H3/t13-,22?/m0/s1. The van der Waals surface area contributed by atoms with E-state index in [1.165, 1.54) is 16.7 Å². The van der Waals surface area contributed by atoms with Gasteiger partial charge >= 0.3 is 6.18 Å². The maximum Gasteiger partial charge on any atom is 0.408 e. The summed E-state index contributed by atoms with van der Waals surface area (Å²) in [6.07, 6.45) is -4.75. The molecule has 0 bridgehead atoms. The van der Waals surface area contributed by atoms with Gasteiger partial charge in [-0.3, -0.25) is 9.69 Å². The van der Waals surface area contributed by atoms with Crippen LogP contribution in [0.1, 0.15) is 24.2 Å². The summed E-state index contributed by atoms with van der Waals surface area (Å²) in [4.78, 5) is 19.8. The summed E-state index contributed by atoms with van der Waals surface area (Å²) < 4.78 is 57.9. The number of phenols is 1. The Morgan fingerprint density at radius 3 is 2.56 bits per heavy atom. The first-order valence-electron chi connectivity index (χ1n) is 10.5. The van der Waals surface area contributed by atoms with Gasteiger partial charge < -0.3 is 14.6 Å². The van der Waals surface area contributed by atoms with Crippen molar-refractivity contribution in [1.29, 1.82) is 5.26 Å². The largest absolute Gasteiger partial charge is 0.508 e. The number of phenolic OH excluding ortho intramolecular Hbond substituents is 1. The summed E-state index contributed by atoms with van der Waals surface area (Å²) in [5, 5.41) is 18.6. The molecular formula is C23H21F4N5O2. The molecule has 34 heavy (non-hydrogen) atoms. The smallest absolute Gasteiger partial charge is 0.408 e. The second-order valence-corrected chi connectivity index (χ2v) is 8.29. The number of aryl methyl sites for hydroxylation is 1. The van der Waals surface area contributed by atoms with E-state index in [2.05, 4.69) is 4.98 Å². The molecular weight excluding hydrogens is 454 g/mol. The molecule has 0 amide bonds. The molecule has 178 valence electrons. The molecule has 11 heteroatoms.